The number of fused-ring (bicyclic) bond motifs is 5. The standard InChI is InChI=1S/C27H43FO/c1-17(2)7-6-8-18(3)20-11-12-21-19-9-10-23-25(29)24(28)14-16-27(23,5)22(19)13-15-26(20,21)4/h10,17-22,24H,6-9,11-16H2,1-5H3/t18-,19+,20-,21+,22+,24+,26-,27-/m1/s1. The number of carbonyl (C=O) groups is 1. The van der Waals surface area contributed by atoms with E-state index in [9.17, 15) is 9.18 Å². The first-order chi connectivity index (χ1) is 13.7. The van der Waals surface area contributed by atoms with Gasteiger partial charge in [0.1, 0.15) is 0 Å². The normalized spacial score (nSPS) is 45.4. The first kappa shape index (κ1) is 21.6. The minimum Gasteiger partial charge on any atom is -0.291 e. The highest BCUT2D eigenvalue weighted by atomic mass is 19.1. The van der Waals surface area contributed by atoms with E-state index in [4.69, 9.17) is 0 Å². The number of hydrogen-bond donors (Lipinski definition) is 0. The molecule has 4 aliphatic rings. The molecule has 0 bridgehead atoms. The maximum absolute atomic E-state index is 14.1. The van der Waals surface area contributed by atoms with E-state index in [1.54, 1.807) is 0 Å². The van der Waals surface area contributed by atoms with Crippen molar-refractivity contribution in [1.29, 1.82) is 0 Å². The summed E-state index contributed by atoms with van der Waals surface area (Å²) >= 11 is 0. The van der Waals surface area contributed by atoms with E-state index >= 15 is 0 Å². The van der Waals surface area contributed by atoms with Gasteiger partial charge < -0.3 is 0 Å². The largest absolute Gasteiger partial charge is 0.291 e. The second kappa shape index (κ2) is 7.79. The van der Waals surface area contributed by atoms with Gasteiger partial charge in [0.05, 0.1) is 0 Å². The molecule has 0 aliphatic heterocycles. The van der Waals surface area contributed by atoms with Crippen molar-refractivity contribution in [2.24, 2.45) is 46.3 Å². The number of Topliss-reactive ketones (excluding diaryl/α,β-unsaturated/α-hetero) is 1. The van der Waals surface area contributed by atoms with Gasteiger partial charge in [-0.1, -0.05) is 60.0 Å². The van der Waals surface area contributed by atoms with E-state index in [0.29, 0.717) is 23.7 Å². The van der Waals surface area contributed by atoms with Crippen LogP contribution in [0.5, 0.6) is 0 Å². The quantitative estimate of drug-likeness (QED) is 0.464. The van der Waals surface area contributed by atoms with Crippen LogP contribution in [0, 0.1) is 46.3 Å². The van der Waals surface area contributed by atoms with E-state index in [0.717, 1.165) is 42.1 Å². The lowest BCUT2D eigenvalue weighted by Gasteiger charge is -2.57. The Labute approximate surface area is 178 Å². The molecule has 2 heteroatoms. The molecule has 0 amide bonds. The summed E-state index contributed by atoms with van der Waals surface area (Å²) in [4.78, 5) is 12.6. The third kappa shape index (κ3) is 3.45. The Balaban J connectivity index is 1.52. The average Bonchev–Trinajstić information content (AvgIpc) is 3.02. The van der Waals surface area contributed by atoms with Gasteiger partial charge in [0.25, 0.3) is 0 Å². The fraction of sp³-hybridized carbons (Fsp3) is 0.889. The minimum absolute atomic E-state index is 0.0646. The summed E-state index contributed by atoms with van der Waals surface area (Å²) in [5.41, 5.74) is 1.27. The molecular formula is C27H43FO. The molecule has 29 heavy (non-hydrogen) atoms. The summed E-state index contributed by atoms with van der Waals surface area (Å²) in [5.74, 6) is 4.42. The van der Waals surface area contributed by atoms with Gasteiger partial charge in [-0.15, -0.1) is 0 Å². The Hall–Kier alpha value is -0.660. The van der Waals surface area contributed by atoms with Crippen LogP contribution in [0.1, 0.15) is 98.8 Å². The number of carbonyl (C=O) groups excluding carboxylic acids is 1. The summed E-state index contributed by atoms with van der Waals surface area (Å²) < 4.78 is 14.1. The monoisotopic (exact) mass is 402 g/mol. The Bertz CT molecular complexity index is 665. The Morgan fingerprint density at radius 1 is 1.03 bits per heavy atom. The molecule has 3 fully saturated rings. The molecule has 4 aliphatic carbocycles. The Kier molecular flexibility index (Phi) is 5.79. The number of allylic oxidation sites excluding steroid dienone is 2. The van der Waals surface area contributed by atoms with Gasteiger partial charge in [-0.2, -0.15) is 0 Å². The fourth-order valence-electron chi connectivity index (χ4n) is 8.55. The second-order valence-corrected chi connectivity index (χ2v) is 12.0. The molecule has 0 aromatic heterocycles. The molecule has 0 heterocycles. The number of hydrogen-bond acceptors (Lipinski definition) is 1. The van der Waals surface area contributed by atoms with Crippen LogP contribution < -0.4 is 0 Å². The van der Waals surface area contributed by atoms with E-state index in [-0.39, 0.29) is 11.2 Å². The smallest absolute Gasteiger partial charge is 0.193 e. The summed E-state index contributed by atoms with van der Waals surface area (Å²) in [6, 6.07) is 0. The first-order valence-electron chi connectivity index (χ1n) is 12.6. The van der Waals surface area contributed by atoms with Crippen molar-refractivity contribution in [2.45, 2.75) is 105 Å². The van der Waals surface area contributed by atoms with E-state index in [1.165, 1.54) is 44.9 Å². The number of ketones is 1. The molecule has 0 spiro atoms. The van der Waals surface area contributed by atoms with Crippen LogP contribution in [-0.4, -0.2) is 12.0 Å². The molecular weight excluding hydrogens is 359 g/mol. The third-order valence-electron chi connectivity index (χ3n) is 10.1. The fourth-order valence-corrected chi connectivity index (χ4v) is 8.55. The van der Waals surface area contributed by atoms with Gasteiger partial charge in [-0.05, 0) is 91.3 Å². The van der Waals surface area contributed by atoms with Crippen molar-refractivity contribution >= 4 is 5.78 Å². The maximum Gasteiger partial charge on any atom is 0.193 e. The zero-order valence-corrected chi connectivity index (χ0v) is 19.5. The van der Waals surface area contributed by atoms with Crippen molar-refractivity contribution < 1.29 is 9.18 Å². The van der Waals surface area contributed by atoms with Crippen molar-refractivity contribution in [3.05, 3.63) is 11.6 Å². The van der Waals surface area contributed by atoms with Gasteiger partial charge >= 0.3 is 0 Å². The lowest BCUT2D eigenvalue weighted by Crippen LogP contribution is -2.52. The minimum atomic E-state index is -1.25. The van der Waals surface area contributed by atoms with Gasteiger partial charge in [-0.25, -0.2) is 4.39 Å². The van der Waals surface area contributed by atoms with Gasteiger partial charge in [-0.3, -0.25) is 4.79 Å². The molecule has 8 atom stereocenters. The molecule has 3 saturated carbocycles. The lowest BCUT2D eigenvalue weighted by molar-refractivity contribution is -0.127. The molecule has 0 N–H and O–H groups in total. The molecule has 0 radical (unpaired) electrons. The van der Waals surface area contributed by atoms with E-state index in [2.05, 4.69) is 40.7 Å². The average molecular weight is 403 g/mol. The van der Waals surface area contributed by atoms with Crippen LogP contribution >= 0.6 is 0 Å². The molecule has 164 valence electrons. The molecule has 0 unspecified atom stereocenters. The number of halogens is 1. The third-order valence-corrected chi connectivity index (χ3v) is 10.1. The predicted octanol–water partition coefficient (Wildman–Crippen LogP) is 7.54. The van der Waals surface area contributed by atoms with E-state index < -0.39 is 6.17 Å². The Morgan fingerprint density at radius 2 is 1.79 bits per heavy atom. The van der Waals surface area contributed by atoms with Crippen molar-refractivity contribution in [3.8, 4) is 0 Å². The van der Waals surface area contributed by atoms with Gasteiger partial charge in [0, 0.05) is 5.57 Å². The van der Waals surface area contributed by atoms with Crippen LogP contribution in [0.4, 0.5) is 4.39 Å². The SMILES string of the molecule is CC(C)CCC[C@@H](C)[C@H]1CC[C@H]2[C@@H]3CC=C4C(=O)[C@@H](F)CC[C@]4(C)[C@H]3CC[C@]12C. The van der Waals surface area contributed by atoms with Gasteiger partial charge in [0.15, 0.2) is 12.0 Å². The Morgan fingerprint density at radius 3 is 2.52 bits per heavy atom. The van der Waals surface area contributed by atoms with Crippen molar-refractivity contribution in [2.75, 3.05) is 0 Å². The summed E-state index contributed by atoms with van der Waals surface area (Å²) in [6.45, 7) is 12.1. The van der Waals surface area contributed by atoms with Crippen LogP contribution in [0.15, 0.2) is 11.6 Å². The van der Waals surface area contributed by atoms with Crippen molar-refractivity contribution in [1.82, 2.24) is 0 Å². The topological polar surface area (TPSA) is 17.1 Å². The van der Waals surface area contributed by atoms with Crippen LogP contribution in [-0.2, 0) is 4.79 Å². The molecule has 4 rings (SSSR count). The van der Waals surface area contributed by atoms with Crippen molar-refractivity contribution in [3.63, 3.8) is 0 Å². The maximum atomic E-state index is 14.1. The number of alkyl halides is 1. The highest BCUT2D eigenvalue weighted by Gasteiger charge is 2.60. The lowest BCUT2D eigenvalue weighted by atomic mass is 9.47. The number of rotatable bonds is 5. The zero-order valence-electron chi connectivity index (χ0n) is 19.5. The highest BCUT2D eigenvalue weighted by molar-refractivity contribution is 6.01. The predicted molar refractivity (Wildman–Crippen MR) is 118 cm³/mol. The van der Waals surface area contributed by atoms with Crippen LogP contribution in [0.3, 0.4) is 0 Å². The zero-order chi connectivity index (χ0) is 21.0. The first-order valence-corrected chi connectivity index (χ1v) is 12.6. The van der Waals surface area contributed by atoms with E-state index in [1.807, 2.05) is 0 Å². The summed E-state index contributed by atoms with van der Waals surface area (Å²) in [6.07, 6.45) is 12.7. The molecule has 0 aromatic rings. The highest BCUT2D eigenvalue weighted by Crippen LogP contribution is 2.67. The summed E-state index contributed by atoms with van der Waals surface area (Å²) in [7, 11) is 0. The molecule has 0 aromatic carbocycles. The molecule has 1 nitrogen and oxygen atoms in total. The second-order valence-electron chi connectivity index (χ2n) is 12.0. The van der Waals surface area contributed by atoms with Crippen LogP contribution in [0.2, 0.25) is 0 Å². The van der Waals surface area contributed by atoms with Crippen LogP contribution in [0.25, 0.3) is 0 Å². The van der Waals surface area contributed by atoms with Gasteiger partial charge in [0.2, 0.25) is 0 Å². The summed E-state index contributed by atoms with van der Waals surface area (Å²) in [5, 5.41) is 0. The molecule has 0 saturated heterocycles.